The normalized spacial score (nSPS) is 23.2. The van der Waals surface area contributed by atoms with Gasteiger partial charge in [0.05, 0.1) is 29.5 Å². The number of alkyl halides is 3. The summed E-state index contributed by atoms with van der Waals surface area (Å²) in [5.41, 5.74) is 3.00. The lowest BCUT2D eigenvalue weighted by molar-refractivity contribution is -0.183. The predicted octanol–water partition coefficient (Wildman–Crippen LogP) is 5.13. The number of hydrogen-bond acceptors (Lipinski definition) is 5. The molecule has 0 radical (unpaired) electrons. The van der Waals surface area contributed by atoms with Crippen molar-refractivity contribution >= 4 is 17.6 Å². The molecular weight excluding hydrogens is 523 g/mol. The summed E-state index contributed by atoms with van der Waals surface area (Å²) in [6, 6.07) is 12.5. The number of fused-ring (bicyclic) bond motifs is 1. The molecule has 212 valence electrons. The molecule has 1 aliphatic heterocycles. The quantitative estimate of drug-likeness (QED) is 0.421. The molecule has 3 aliphatic rings. The highest BCUT2D eigenvalue weighted by molar-refractivity contribution is 5.79. The second kappa shape index (κ2) is 10.4. The van der Waals surface area contributed by atoms with Crippen molar-refractivity contribution in [1.82, 2.24) is 25.2 Å². The van der Waals surface area contributed by atoms with Crippen molar-refractivity contribution in [2.75, 3.05) is 6.54 Å². The Hall–Kier alpha value is -3.63. The number of nitrogens with one attached hydrogen (secondary N) is 2. The van der Waals surface area contributed by atoms with Crippen LogP contribution in [0.3, 0.4) is 0 Å². The average Bonchev–Trinajstić information content (AvgIpc) is 3.30. The fraction of sp³-hybridized carbons (Fsp3) is 0.517. The maximum Gasteiger partial charge on any atom is 0.408 e. The standard InChI is InChI=1S/C29H32F3N5O3/c30-29(31,32)21-11-19(26(38)33-15-21)12-22-7-8-24-34-23(16-37(24)36-22)25(20-13-28(14-20)9-4-10-28)35-27(39)40-17-18-5-2-1-3-6-18/h1-3,5-8,16,19-21,25H,4,9-15,17H2,(H,33,38)(H,35,39)/t19?,21-,25?/m1/s1. The Morgan fingerprint density at radius 1 is 1.18 bits per heavy atom. The van der Waals surface area contributed by atoms with Gasteiger partial charge in [0.2, 0.25) is 5.91 Å². The van der Waals surface area contributed by atoms with E-state index in [1.807, 2.05) is 30.3 Å². The number of rotatable bonds is 7. The first-order chi connectivity index (χ1) is 19.2. The minimum atomic E-state index is -4.35. The molecule has 3 atom stereocenters. The number of alkyl carbamates (subject to hydrolysis) is 1. The highest BCUT2D eigenvalue weighted by atomic mass is 19.4. The fourth-order valence-electron chi connectivity index (χ4n) is 6.48. The van der Waals surface area contributed by atoms with Gasteiger partial charge in [0, 0.05) is 18.9 Å². The van der Waals surface area contributed by atoms with Crippen LogP contribution in [-0.2, 0) is 22.6 Å². The second-order valence-corrected chi connectivity index (χ2v) is 11.6. The van der Waals surface area contributed by atoms with Crippen LogP contribution in [0.2, 0.25) is 0 Å². The predicted molar refractivity (Wildman–Crippen MR) is 139 cm³/mol. The number of carbonyl (C=O) groups excluding carboxylic acids is 2. The highest BCUT2D eigenvalue weighted by Crippen LogP contribution is 2.61. The molecule has 2 unspecified atom stereocenters. The first kappa shape index (κ1) is 26.6. The number of benzene rings is 1. The van der Waals surface area contributed by atoms with Crippen LogP contribution >= 0.6 is 0 Å². The van der Waals surface area contributed by atoms with E-state index in [-0.39, 0.29) is 43.9 Å². The van der Waals surface area contributed by atoms with Crippen molar-refractivity contribution in [2.45, 2.75) is 63.8 Å². The molecule has 8 nitrogen and oxygen atoms in total. The lowest BCUT2D eigenvalue weighted by Gasteiger charge is -2.56. The van der Waals surface area contributed by atoms with Gasteiger partial charge in [-0.15, -0.1) is 0 Å². The molecule has 11 heteroatoms. The first-order valence-electron chi connectivity index (χ1n) is 13.8. The third-order valence-electron chi connectivity index (χ3n) is 8.86. The Morgan fingerprint density at radius 2 is 1.95 bits per heavy atom. The number of carbonyl (C=O) groups is 2. The Labute approximate surface area is 229 Å². The molecule has 1 aromatic carbocycles. The largest absolute Gasteiger partial charge is 0.445 e. The zero-order chi connectivity index (χ0) is 27.9. The zero-order valence-electron chi connectivity index (χ0n) is 22.0. The van der Waals surface area contributed by atoms with Crippen molar-refractivity contribution in [2.24, 2.45) is 23.2 Å². The Bertz CT molecular complexity index is 1380. The van der Waals surface area contributed by atoms with Crippen molar-refractivity contribution in [3.63, 3.8) is 0 Å². The first-order valence-corrected chi connectivity index (χ1v) is 13.8. The van der Waals surface area contributed by atoms with Crippen molar-refractivity contribution in [3.8, 4) is 0 Å². The van der Waals surface area contributed by atoms with Gasteiger partial charge in [0.1, 0.15) is 6.61 Å². The van der Waals surface area contributed by atoms with Gasteiger partial charge < -0.3 is 15.4 Å². The second-order valence-electron chi connectivity index (χ2n) is 11.6. The van der Waals surface area contributed by atoms with Gasteiger partial charge in [0.25, 0.3) is 0 Å². The summed E-state index contributed by atoms with van der Waals surface area (Å²) in [5.74, 6) is -2.54. The van der Waals surface area contributed by atoms with Gasteiger partial charge in [-0.3, -0.25) is 4.79 Å². The summed E-state index contributed by atoms with van der Waals surface area (Å²) < 4.78 is 46.8. The molecule has 2 aromatic heterocycles. The highest BCUT2D eigenvalue weighted by Gasteiger charge is 2.51. The molecule has 2 saturated carbocycles. The zero-order valence-corrected chi connectivity index (χ0v) is 22.0. The molecule has 2 aliphatic carbocycles. The van der Waals surface area contributed by atoms with Crippen LogP contribution < -0.4 is 10.6 Å². The minimum Gasteiger partial charge on any atom is -0.445 e. The summed E-state index contributed by atoms with van der Waals surface area (Å²) in [6.45, 7) is -0.227. The van der Waals surface area contributed by atoms with Crippen molar-refractivity contribution < 1.29 is 27.5 Å². The summed E-state index contributed by atoms with van der Waals surface area (Å²) in [6.07, 6.45) is 2.43. The number of amides is 2. The number of hydrogen-bond donors (Lipinski definition) is 2. The van der Waals surface area contributed by atoms with E-state index in [2.05, 4.69) is 15.7 Å². The third kappa shape index (κ3) is 5.51. The average molecular weight is 556 g/mol. The van der Waals surface area contributed by atoms with Crippen LogP contribution in [0.15, 0.2) is 48.7 Å². The van der Waals surface area contributed by atoms with Crippen LogP contribution in [0.25, 0.3) is 5.65 Å². The molecule has 3 aromatic rings. The van der Waals surface area contributed by atoms with Gasteiger partial charge in [-0.2, -0.15) is 18.3 Å². The van der Waals surface area contributed by atoms with Gasteiger partial charge in [0.15, 0.2) is 5.65 Å². The number of ether oxygens (including phenoxy) is 1. The van der Waals surface area contributed by atoms with Crippen molar-refractivity contribution in [3.05, 3.63) is 65.6 Å². The van der Waals surface area contributed by atoms with Gasteiger partial charge in [-0.1, -0.05) is 36.8 Å². The molecule has 1 saturated heterocycles. The van der Waals surface area contributed by atoms with E-state index < -0.39 is 24.1 Å². The number of imidazole rings is 1. The van der Waals surface area contributed by atoms with Crippen LogP contribution in [0.5, 0.6) is 0 Å². The third-order valence-corrected chi connectivity index (χ3v) is 8.86. The summed E-state index contributed by atoms with van der Waals surface area (Å²) >= 11 is 0. The molecule has 2 amide bonds. The smallest absolute Gasteiger partial charge is 0.408 e. The van der Waals surface area contributed by atoms with E-state index in [0.717, 1.165) is 18.4 Å². The molecule has 3 fully saturated rings. The van der Waals surface area contributed by atoms with E-state index in [1.54, 1.807) is 22.8 Å². The lowest BCUT2D eigenvalue weighted by atomic mass is 9.50. The Kier molecular flexibility index (Phi) is 6.92. The number of nitrogens with zero attached hydrogens (tertiary/aromatic N) is 3. The van der Waals surface area contributed by atoms with Crippen LogP contribution in [0.1, 0.15) is 61.5 Å². The number of halogens is 3. The lowest BCUT2D eigenvalue weighted by Crippen LogP contribution is -2.48. The number of aromatic nitrogens is 3. The Morgan fingerprint density at radius 3 is 2.65 bits per heavy atom. The van der Waals surface area contributed by atoms with E-state index in [4.69, 9.17) is 9.72 Å². The van der Waals surface area contributed by atoms with Crippen LogP contribution in [-0.4, -0.2) is 39.3 Å². The Balaban J connectivity index is 1.17. The number of piperidine rings is 1. The summed E-state index contributed by atoms with van der Waals surface area (Å²) in [5, 5.41) is 9.98. The SMILES string of the molecule is O=C(NC(c1cn2nc(CC3C[C@@H](C(F)(F)F)CNC3=O)ccc2n1)C1CC2(CCC2)C1)OCc1ccccc1. The molecule has 3 heterocycles. The monoisotopic (exact) mass is 555 g/mol. The summed E-state index contributed by atoms with van der Waals surface area (Å²) in [4.78, 5) is 29.8. The maximum atomic E-state index is 13.2. The molecule has 6 rings (SSSR count). The molecule has 1 spiro atoms. The van der Waals surface area contributed by atoms with Crippen molar-refractivity contribution in [1.29, 1.82) is 0 Å². The van der Waals surface area contributed by atoms with Crippen LogP contribution in [0.4, 0.5) is 18.0 Å². The topological polar surface area (TPSA) is 97.6 Å². The van der Waals surface area contributed by atoms with Gasteiger partial charge in [-0.25, -0.2) is 14.3 Å². The molecular formula is C29H32F3N5O3. The van der Waals surface area contributed by atoms with E-state index in [1.165, 1.54) is 19.3 Å². The minimum absolute atomic E-state index is 0.0977. The van der Waals surface area contributed by atoms with Gasteiger partial charge >= 0.3 is 12.3 Å². The molecule has 40 heavy (non-hydrogen) atoms. The summed E-state index contributed by atoms with van der Waals surface area (Å²) in [7, 11) is 0. The molecule has 0 bridgehead atoms. The van der Waals surface area contributed by atoms with E-state index >= 15 is 0 Å². The van der Waals surface area contributed by atoms with Crippen LogP contribution in [0, 0.1) is 23.2 Å². The van der Waals surface area contributed by atoms with E-state index in [0.29, 0.717) is 22.5 Å². The van der Waals surface area contributed by atoms with Gasteiger partial charge in [-0.05, 0) is 61.1 Å². The maximum absolute atomic E-state index is 13.2. The fourth-order valence-corrected chi connectivity index (χ4v) is 6.48. The van der Waals surface area contributed by atoms with E-state index in [9.17, 15) is 22.8 Å². The molecule has 2 N–H and O–H groups in total.